The van der Waals surface area contributed by atoms with Crippen molar-refractivity contribution in [1.82, 2.24) is 18.7 Å². The van der Waals surface area contributed by atoms with Crippen LogP contribution in [-0.4, -0.2) is 25.4 Å². The number of nitrogens with one attached hydrogen (secondary N) is 1. The normalized spacial score (nSPS) is 15.2. The van der Waals surface area contributed by atoms with Crippen LogP contribution in [0.25, 0.3) is 149 Å². The molecule has 20 rings (SSSR count). The molecule has 0 spiro atoms. The monoisotopic (exact) mass is 1210 g/mol. The molecule has 0 aliphatic carbocycles. The van der Waals surface area contributed by atoms with E-state index < -0.39 is 103 Å². The van der Waals surface area contributed by atoms with Gasteiger partial charge in [0.25, 0.3) is 6.71 Å². The van der Waals surface area contributed by atoms with E-state index in [0.29, 0.717) is 22.7 Å². The summed E-state index contributed by atoms with van der Waals surface area (Å²) in [4.78, 5) is 6.33. The lowest BCUT2D eigenvalue weighted by molar-refractivity contribution is 0.591. The summed E-state index contributed by atoms with van der Waals surface area (Å²) in [5, 5.41) is 2.99. The Bertz CT molecular complexity index is 7070. The van der Waals surface area contributed by atoms with Gasteiger partial charge in [-0.3, -0.25) is 0 Å². The third-order valence-corrected chi connectivity index (χ3v) is 19.6. The zero-order chi connectivity index (χ0) is 76.0. The molecule has 0 saturated heterocycles. The lowest BCUT2D eigenvalue weighted by atomic mass is 9.33. The van der Waals surface area contributed by atoms with Crippen molar-refractivity contribution in [2.75, 3.05) is 4.90 Å². The molecule has 4 aromatic heterocycles. The molecule has 0 fully saturated rings. The number of benzene rings is 14. The van der Waals surface area contributed by atoms with Crippen LogP contribution in [0, 0.1) is 0 Å². The van der Waals surface area contributed by atoms with Crippen LogP contribution in [0.15, 0.2) is 303 Å². The minimum atomic E-state index is -0.790. The summed E-state index contributed by atoms with van der Waals surface area (Å²) in [7, 11) is 0. The first kappa shape index (κ1) is 39.4. The molecular weight excluding hydrogens is 1140 g/mol. The highest BCUT2D eigenvalue weighted by atomic mass is 15.2. The number of aromatic amines is 1. The average molecular weight is 1210 g/mol. The van der Waals surface area contributed by atoms with Gasteiger partial charge in [0.05, 0.1) is 66.2 Å². The van der Waals surface area contributed by atoms with Gasteiger partial charge in [0.2, 0.25) is 0 Å². The van der Waals surface area contributed by atoms with Gasteiger partial charge in [0.15, 0.2) is 0 Å². The molecule has 6 heteroatoms. The van der Waals surface area contributed by atoms with Crippen LogP contribution in [0.1, 0.15) is 48.3 Å². The van der Waals surface area contributed by atoms with Crippen molar-refractivity contribution in [2.24, 2.45) is 0 Å². The lowest BCUT2D eigenvalue weighted by Gasteiger charge is -2.41. The first-order valence-corrected chi connectivity index (χ1v) is 31.5. The molecule has 0 unspecified atom stereocenters. The molecule has 2 aliphatic rings. The van der Waals surface area contributed by atoms with Gasteiger partial charge in [-0.2, -0.15) is 0 Å². The summed E-state index contributed by atoms with van der Waals surface area (Å²) >= 11 is 0. The van der Waals surface area contributed by atoms with Crippen molar-refractivity contribution >= 4 is 127 Å². The maximum atomic E-state index is 9.82. The first-order valence-electron chi connectivity index (χ1n) is 39.5. The molecule has 6 heterocycles. The number of anilines is 3. The molecule has 94 heavy (non-hydrogen) atoms. The number of aromatic nitrogens is 4. The SMILES string of the molecule is [2H]c1c([2H])c([2H])c2c(c1[2H])c1c([2H])c([2H])c([2H])c([2H])c1n2-c1ccc2c(c1)N(c1ccc(-c3ccccc3)cc1)c1c3c(cc4[nH]c5c(-c6ccccc6-c6ccccc6-c6ccccc6)cccc5c14)-n1c4ccc(C(C)(C)C)cc4c4cc(-n5c6c([2H])c([2H])c([2H])c([2H])c6c6c([2H])c([2H])c([2H])c([2H])c65)cc(c41)B23. The van der Waals surface area contributed by atoms with Crippen molar-refractivity contribution in [3.63, 3.8) is 0 Å². The van der Waals surface area contributed by atoms with Gasteiger partial charge in [-0.25, -0.2) is 0 Å². The summed E-state index contributed by atoms with van der Waals surface area (Å²) in [6.07, 6.45) is 0. The van der Waals surface area contributed by atoms with E-state index in [1.54, 1.807) is 9.13 Å². The molecule has 0 saturated carbocycles. The third kappa shape index (κ3) is 7.53. The predicted molar refractivity (Wildman–Crippen MR) is 399 cm³/mol. The van der Waals surface area contributed by atoms with Crippen LogP contribution in [0.4, 0.5) is 17.1 Å². The number of H-pyrrole nitrogens is 1. The van der Waals surface area contributed by atoms with E-state index in [9.17, 15) is 16.4 Å². The Kier molecular flexibility index (Phi) is 8.31. The Balaban J connectivity index is 0.977. The average Bonchev–Trinajstić information content (AvgIpc) is 1.47. The van der Waals surface area contributed by atoms with Gasteiger partial charge < -0.3 is 23.6 Å². The minimum Gasteiger partial charge on any atom is -0.354 e. The van der Waals surface area contributed by atoms with E-state index in [-0.39, 0.29) is 49.0 Å². The largest absolute Gasteiger partial charge is 0.354 e. The fourth-order valence-electron chi connectivity index (χ4n) is 15.5. The topological polar surface area (TPSA) is 33.8 Å². The Labute approximate surface area is 566 Å². The van der Waals surface area contributed by atoms with Crippen molar-refractivity contribution < 1.29 is 21.9 Å². The maximum Gasteiger partial charge on any atom is 0.252 e. The van der Waals surface area contributed by atoms with Gasteiger partial charge >= 0.3 is 0 Å². The summed E-state index contributed by atoms with van der Waals surface area (Å²) in [5.41, 5.74) is 17.5. The van der Waals surface area contributed by atoms with Gasteiger partial charge in [-0.05, 0) is 145 Å². The molecule has 0 atom stereocenters. The molecular formula is C88H60BN5. The molecule has 0 amide bonds. The van der Waals surface area contributed by atoms with Crippen LogP contribution in [-0.2, 0) is 5.41 Å². The molecule has 14 aromatic carbocycles. The van der Waals surface area contributed by atoms with Crippen molar-refractivity contribution in [3.05, 3.63) is 308 Å². The fourth-order valence-corrected chi connectivity index (χ4v) is 15.5. The van der Waals surface area contributed by atoms with Gasteiger partial charge in [-0.15, -0.1) is 0 Å². The quantitative estimate of drug-likeness (QED) is 0.159. The van der Waals surface area contributed by atoms with E-state index in [1.807, 2.05) is 66.7 Å². The second-order valence-corrected chi connectivity index (χ2v) is 25.6. The highest BCUT2D eigenvalue weighted by Gasteiger charge is 2.45. The number of fused-ring (bicyclic) bond motifs is 17. The summed E-state index contributed by atoms with van der Waals surface area (Å²) in [5.74, 6) is 0. The van der Waals surface area contributed by atoms with Gasteiger partial charge in [-0.1, -0.05) is 245 Å². The Morgan fingerprint density at radius 2 is 0.894 bits per heavy atom. The van der Waals surface area contributed by atoms with Crippen LogP contribution < -0.4 is 21.3 Å². The van der Waals surface area contributed by atoms with E-state index in [2.05, 4.69) is 175 Å². The highest BCUT2D eigenvalue weighted by Crippen LogP contribution is 2.51. The first-order chi connectivity index (χ1) is 52.9. The highest BCUT2D eigenvalue weighted by molar-refractivity contribution is 7.00. The summed E-state index contributed by atoms with van der Waals surface area (Å²) < 4.78 is 156. The lowest BCUT2D eigenvalue weighted by Crippen LogP contribution is -2.60. The van der Waals surface area contributed by atoms with E-state index >= 15 is 0 Å². The van der Waals surface area contributed by atoms with Crippen molar-refractivity contribution in [2.45, 2.75) is 26.2 Å². The van der Waals surface area contributed by atoms with Crippen LogP contribution in [0.2, 0.25) is 0 Å². The zero-order valence-corrected chi connectivity index (χ0v) is 51.0. The van der Waals surface area contributed by atoms with E-state index in [0.717, 1.165) is 121 Å². The molecule has 440 valence electrons. The third-order valence-electron chi connectivity index (χ3n) is 19.6. The van der Waals surface area contributed by atoms with E-state index in [1.165, 1.54) is 0 Å². The van der Waals surface area contributed by atoms with Gasteiger partial charge in [0.1, 0.15) is 0 Å². The number of rotatable bonds is 7. The number of nitrogens with zero attached hydrogens (tertiary/aromatic N) is 4. The van der Waals surface area contributed by atoms with Crippen LogP contribution in [0.5, 0.6) is 0 Å². The standard InChI is InChI=1S/C88H60BN5/c1-88(2,3)57-43-48-80-71(49-57)72-50-60(92-78-39-20-16-33-67(78)68-34-17-21-40-79(68)92)51-74-86(72)94(80)82-53-75-83(70-36-22-35-69(85(70)90-75)64-30-13-12-29-63(64)62-28-11-10-27-61(62)56-25-8-5-9-26-56)87-84(82)89(74)73-47-46-59(91-76-37-18-14-31-65(76)66-32-15-19-38-77(66)91)52-81(73)93(87)58-44-41-55(42-45-58)54-23-6-4-7-24-54/h4-53,90H,1-3H3/i14D,15D,16D,17D,18D,19D,20D,21D,31D,32D,33D,34D,37D,38D,39D,40D. The molecule has 0 radical (unpaired) electrons. The second kappa shape index (κ2) is 19.8. The van der Waals surface area contributed by atoms with Crippen LogP contribution >= 0.6 is 0 Å². The Morgan fingerprint density at radius 1 is 0.362 bits per heavy atom. The van der Waals surface area contributed by atoms with Crippen molar-refractivity contribution in [3.8, 4) is 61.6 Å². The summed E-state index contributed by atoms with van der Waals surface area (Å²) in [6, 6.07) is 62.3. The molecule has 5 nitrogen and oxygen atoms in total. The number of para-hydroxylation sites is 5. The smallest absolute Gasteiger partial charge is 0.252 e. The second-order valence-electron chi connectivity index (χ2n) is 25.6. The summed E-state index contributed by atoms with van der Waals surface area (Å²) in [6.45, 7) is 5.66. The number of hydrogen-bond donors (Lipinski definition) is 1. The Hall–Kier alpha value is -11.9. The molecule has 0 bridgehead atoms. The molecule has 2 aliphatic heterocycles. The molecule has 18 aromatic rings. The fraction of sp³-hybridized carbons (Fsp3) is 0.0455. The number of hydrogen-bond acceptors (Lipinski definition) is 1. The minimum absolute atomic E-state index is 0.0389. The van der Waals surface area contributed by atoms with Crippen molar-refractivity contribution in [1.29, 1.82) is 0 Å². The molecule has 1 N–H and O–H groups in total. The van der Waals surface area contributed by atoms with Crippen LogP contribution in [0.3, 0.4) is 0 Å². The maximum absolute atomic E-state index is 9.82. The Morgan fingerprint density at radius 3 is 1.52 bits per heavy atom. The van der Waals surface area contributed by atoms with E-state index in [4.69, 9.17) is 5.48 Å². The predicted octanol–water partition coefficient (Wildman–Crippen LogP) is 21.2. The van der Waals surface area contributed by atoms with Gasteiger partial charge in [0, 0.05) is 82.6 Å². The zero-order valence-electron chi connectivity index (χ0n) is 67.0.